The Morgan fingerprint density at radius 2 is 1.38 bits per heavy atom. The average Bonchev–Trinajstić information content (AvgIpc) is 2.50. The molecule has 0 aliphatic carbocycles. The molecule has 0 amide bonds. The molecule has 0 aliphatic heterocycles. The first-order valence-corrected chi connectivity index (χ1v) is 7.31. The van der Waals surface area contributed by atoms with Gasteiger partial charge in [0, 0.05) is 0 Å². The quantitative estimate of drug-likeness (QED) is 0.709. The normalized spacial score (nSPS) is 12.6. The third kappa shape index (κ3) is 2.57. The molecule has 1 heteroatoms. The SMILES string of the molecule is Cc1cc(C)c(C(O)c2ccc3ccccc3c2)cc1C. The lowest BCUT2D eigenvalue weighted by Gasteiger charge is -2.17. The van der Waals surface area contributed by atoms with Gasteiger partial charge in [0.1, 0.15) is 6.10 Å². The Bertz CT molecular complexity index is 802. The molecule has 1 unspecified atom stereocenters. The number of aliphatic hydroxyl groups excluding tert-OH is 1. The van der Waals surface area contributed by atoms with Crippen molar-refractivity contribution in [1.29, 1.82) is 0 Å². The molecular weight excluding hydrogens is 256 g/mol. The van der Waals surface area contributed by atoms with Crippen molar-refractivity contribution in [1.82, 2.24) is 0 Å². The van der Waals surface area contributed by atoms with E-state index in [0.717, 1.165) is 22.1 Å². The van der Waals surface area contributed by atoms with Crippen LogP contribution in [0.3, 0.4) is 0 Å². The number of rotatable bonds is 2. The van der Waals surface area contributed by atoms with Gasteiger partial charge in [-0.05, 0) is 65.4 Å². The van der Waals surface area contributed by atoms with Crippen molar-refractivity contribution < 1.29 is 5.11 Å². The van der Waals surface area contributed by atoms with Crippen molar-refractivity contribution in [2.24, 2.45) is 0 Å². The molecule has 0 spiro atoms. The highest BCUT2D eigenvalue weighted by Crippen LogP contribution is 2.29. The summed E-state index contributed by atoms with van der Waals surface area (Å²) in [6, 6.07) is 18.7. The van der Waals surface area contributed by atoms with Crippen molar-refractivity contribution in [3.8, 4) is 0 Å². The lowest BCUT2D eigenvalue weighted by atomic mass is 9.92. The van der Waals surface area contributed by atoms with Gasteiger partial charge in [-0.15, -0.1) is 0 Å². The zero-order chi connectivity index (χ0) is 15.0. The number of fused-ring (bicyclic) bond motifs is 1. The maximum Gasteiger partial charge on any atom is 0.104 e. The van der Waals surface area contributed by atoms with Crippen LogP contribution < -0.4 is 0 Å². The fourth-order valence-corrected chi connectivity index (χ4v) is 2.83. The van der Waals surface area contributed by atoms with Gasteiger partial charge in [0.15, 0.2) is 0 Å². The molecule has 0 heterocycles. The number of benzene rings is 3. The summed E-state index contributed by atoms with van der Waals surface area (Å²) >= 11 is 0. The van der Waals surface area contributed by atoms with E-state index in [-0.39, 0.29) is 0 Å². The van der Waals surface area contributed by atoms with E-state index in [0.29, 0.717) is 0 Å². The van der Waals surface area contributed by atoms with Gasteiger partial charge in [-0.25, -0.2) is 0 Å². The topological polar surface area (TPSA) is 20.2 Å². The number of hydrogen-bond donors (Lipinski definition) is 1. The van der Waals surface area contributed by atoms with Crippen LogP contribution in [0.2, 0.25) is 0 Å². The van der Waals surface area contributed by atoms with Gasteiger partial charge in [0.25, 0.3) is 0 Å². The molecule has 21 heavy (non-hydrogen) atoms. The van der Waals surface area contributed by atoms with Crippen LogP contribution in [0.25, 0.3) is 10.8 Å². The standard InChI is InChI=1S/C20H20O/c1-13-10-15(3)19(11-14(13)2)20(21)18-9-8-16-6-4-5-7-17(16)12-18/h4-12,20-21H,1-3H3. The van der Waals surface area contributed by atoms with Crippen LogP contribution in [0.5, 0.6) is 0 Å². The predicted octanol–water partition coefficient (Wildman–Crippen LogP) is 4.85. The lowest BCUT2D eigenvalue weighted by molar-refractivity contribution is 0.219. The molecular formula is C20H20O. The molecule has 0 aliphatic rings. The van der Waals surface area contributed by atoms with E-state index in [1.807, 2.05) is 18.2 Å². The van der Waals surface area contributed by atoms with Crippen LogP contribution >= 0.6 is 0 Å². The van der Waals surface area contributed by atoms with Crippen LogP contribution in [-0.2, 0) is 0 Å². The fourth-order valence-electron chi connectivity index (χ4n) is 2.83. The van der Waals surface area contributed by atoms with Crippen LogP contribution in [0.15, 0.2) is 54.6 Å². The molecule has 0 saturated carbocycles. The Morgan fingerprint density at radius 3 is 2.14 bits per heavy atom. The third-order valence-electron chi connectivity index (χ3n) is 4.27. The Morgan fingerprint density at radius 1 is 0.714 bits per heavy atom. The van der Waals surface area contributed by atoms with Gasteiger partial charge < -0.3 is 5.11 Å². The van der Waals surface area contributed by atoms with Crippen molar-refractivity contribution in [3.05, 3.63) is 82.4 Å². The molecule has 0 aromatic heterocycles. The molecule has 0 fully saturated rings. The molecule has 1 nitrogen and oxygen atoms in total. The summed E-state index contributed by atoms with van der Waals surface area (Å²) in [5.41, 5.74) is 5.56. The maximum atomic E-state index is 10.7. The monoisotopic (exact) mass is 276 g/mol. The first kappa shape index (κ1) is 13.8. The van der Waals surface area contributed by atoms with Gasteiger partial charge in [0.05, 0.1) is 0 Å². The first-order chi connectivity index (χ1) is 10.1. The number of hydrogen-bond acceptors (Lipinski definition) is 1. The van der Waals surface area contributed by atoms with E-state index in [1.54, 1.807) is 0 Å². The van der Waals surface area contributed by atoms with Crippen molar-refractivity contribution >= 4 is 10.8 Å². The summed E-state index contributed by atoms with van der Waals surface area (Å²) < 4.78 is 0. The lowest BCUT2D eigenvalue weighted by Crippen LogP contribution is -2.03. The molecule has 0 bridgehead atoms. The summed E-state index contributed by atoms with van der Waals surface area (Å²) in [5, 5.41) is 13.1. The Kier molecular flexibility index (Phi) is 3.52. The second kappa shape index (κ2) is 5.34. The molecule has 0 radical (unpaired) electrons. The van der Waals surface area contributed by atoms with Crippen LogP contribution in [0, 0.1) is 20.8 Å². The highest BCUT2D eigenvalue weighted by molar-refractivity contribution is 5.83. The third-order valence-corrected chi connectivity index (χ3v) is 4.27. The highest BCUT2D eigenvalue weighted by atomic mass is 16.3. The van der Waals surface area contributed by atoms with Gasteiger partial charge >= 0.3 is 0 Å². The minimum atomic E-state index is -0.575. The largest absolute Gasteiger partial charge is 0.384 e. The summed E-state index contributed by atoms with van der Waals surface area (Å²) in [7, 11) is 0. The summed E-state index contributed by atoms with van der Waals surface area (Å²) in [6.45, 7) is 6.26. The maximum absolute atomic E-state index is 10.7. The van der Waals surface area contributed by atoms with E-state index in [4.69, 9.17) is 0 Å². The minimum Gasteiger partial charge on any atom is -0.384 e. The molecule has 3 aromatic rings. The molecule has 3 rings (SSSR count). The zero-order valence-electron chi connectivity index (χ0n) is 12.7. The van der Waals surface area contributed by atoms with Crippen molar-refractivity contribution in [2.45, 2.75) is 26.9 Å². The Balaban J connectivity index is 2.07. The Hall–Kier alpha value is -2.12. The van der Waals surface area contributed by atoms with Crippen LogP contribution in [0.4, 0.5) is 0 Å². The summed E-state index contributed by atoms with van der Waals surface area (Å²) in [5.74, 6) is 0. The number of aryl methyl sites for hydroxylation is 3. The van der Waals surface area contributed by atoms with Gasteiger partial charge in [-0.2, -0.15) is 0 Å². The first-order valence-electron chi connectivity index (χ1n) is 7.31. The average molecular weight is 276 g/mol. The molecule has 106 valence electrons. The second-order valence-electron chi connectivity index (χ2n) is 5.80. The van der Waals surface area contributed by atoms with Crippen molar-refractivity contribution in [2.75, 3.05) is 0 Å². The van der Waals surface area contributed by atoms with E-state index >= 15 is 0 Å². The van der Waals surface area contributed by atoms with Gasteiger partial charge in [0.2, 0.25) is 0 Å². The van der Waals surface area contributed by atoms with Crippen LogP contribution in [-0.4, -0.2) is 5.11 Å². The fraction of sp³-hybridized carbons (Fsp3) is 0.200. The highest BCUT2D eigenvalue weighted by Gasteiger charge is 2.14. The van der Waals surface area contributed by atoms with E-state index in [1.165, 1.54) is 16.5 Å². The smallest absolute Gasteiger partial charge is 0.104 e. The second-order valence-corrected chi connectivity index (χ2v) is 5.80. The van der Waals surface area contributed by atoms with Gasteiger partial charge in [-0.1, -0.05) is 48.5 Å². The van der Waals surface area contributed by atoms with Gasteiger partial charge in [-0.3, -0.25) is 0 Å². The van der Waals surface area contributed by atoms with E-state index in [9.17, 15) is 5.11 Å². The van der Waals surface area contributed by atoms with Crippen molar-refractivity contribution in [3.63, 3.8) is 0 Å². The summed E-state index contributed by atoms with van der Waals surface area (Å²) in [4.78, 5) is 0. The zero-order valence-corrected chi connectivity index (χ0v) is 12.7. The molecule has 0 saturated heterocycles. The Labute approximate surface area is 125 Å². The van der Waals surface area contributed by atoms with E-state index in [2.05, 4.69) is 57.2 Å². The molecule has 1 N–H and O–H groups in total. The molecule has 3 aromatic carbocycles. The summed E-state index contributed by atoms with van der Waals surface area (Å²) in [6.07, 6.45) is -0.575. The van der Waals surface area contributed by atoms with Crippen LogP contribution in [0.1, 0.15) is 33.9 Å². The predicted molar refractivity (Wildman–Crippen MR) is 88.7 cm³/mol. The minimum absolute atomic E-state index is 0.575. The molecule has 1 atom stereocenters. The number of aliphatic hydroxyl groups is 1. The van der Waals surface area contributed by atoms with E-state index < -0.39 is 6.10 Å².